The SMILES string of the molecule is COC(C)Cn1c(C)c(C)c2cc(CNC3CC3)ccc21. The Labute approximate surface area is 127 Å². The fraction of sp³-hybridized carbons (Fsp3) is 0.556. The smallest absolute Gasteiger partial charge is 0.0722 e. The summed E-state index contributed by atoms with van der Waals surface area (Å²) in [6.07, 6.45) is 2.91. The minimum absolute atomic E-state index is 0.231. The lowest BCUT2D eigenvalue weighted by Crippen LogP contribution is -2.16. The van der Waals surface area contributed by atoms with Gasteiger partial charge in [0, 0.05) is 42.8 Å². The van der Waals surface area contributed by atoms with Gasteiger partial charge in [0.05, 0.1) is 6.10 Å². The van der Waals surface area contributed by atoms with E-state index in [-0.39, 0.29) is 6.10 Å². The van der Waals surface area contributed by atoms with E-state index in [0.717, 1.165) is 19.1 Å². The summed E-state index contributed by atoms with van der Waals surface area (Å²) in [6, 6.07) is 7.63. The molecule has 3 rings (SSSR count). The molecular weight excluding hydrogens is 260 g/mol. The molecule has 1 atom stereocenters. The molecule has 0 spiro atoms. The van der Waals surface area contributed by atoms with Gasteiger partial charge in [-0.15, -0.1) is 0 Å². The topological polar surface area (TPSA) is 26.2 Å². The molecule has 3 nitrogen and oxygen atoms in total. The number of hydrogen-bond acceptors (Lipinski definition) is 2. The lowest BCUT2D eigenvalue weighted by molar-refractivity contribution is 0.104. The second kappa shape index (κ2) is 5.82. The molecule has 3 heteroatoms. The van der Waals surface area contributed by atoms with Gasteiger partial charge in [0.15, 0.2) is 0 Å². The number of nitrogens with zero attached hydrogens (tertiary/aromatic N) is 1. The molecule has 0 bridgehead atoms. The van der Waals surface area contributed by atoms with Crippen molar-refractivity contribution in [2.45, 2.75) is 58.8 Å². The summed E-state index contributed by atoms with van der Waals surface area (Å²) in [7, 11) is 1.78. The van der Waals surface area contributed by atoms with Crippen LogP contribution in [0.25, 0.3) is 10.9 Å². The van der Waals surface area contributed by atoms with Crippen LogP contribution < -0.4 is 5.32 Å². The van der Waals surface area contributed by atoms with Gasteiger partial charge in [-0.25, -0.2) is 0 Å². The van der Waals surface area contributed by atoms with E-state index in [1.807, 2.05) is 0 Å². The lowest BCUT2D eigenvalue weighted by Gasteiger charge is -2.14. The highest BCUT2D eigenvalue weighted by atomic mass is 16.5. The van der Waals surface area contributed by atoms with Gasteiger partial charge in [-0.3, -0.25) is 0 Å². The first-order chi connectivity index (χ1) is 10.1. The fourth-order valence-electron chi connectivity index (χ4n) is 2.92. The standard InChI is InChI=1S/C18H26N2O/c1-12(21-4)11-20-14(3)13(2)17-9-15(5-8-18(17)20)10-19-16-6-7-16/h5,8-9,12,16,19H,6-7,10-11H2,1-4H3. The molecule has 114 valence electrons. The summed E-state index contributed by atoms with van der Waals surface area (Å²) in [5.41, 5.74) is 5.45. The molecule has 0 saturated heterocycles. The van der Waals surface area contributed by atoms with Gasteiger partial charge in [0.1, 0.15) is 0 Å². The molecule has 1 aliphatic rings. The molecule has 1 aromatic heterocycles. The Morgan fingerprint density at radius 3 is 2.76 bits per heavy atom. The molecule has 0 amide bonds. The molecule has 1 N–H and O–H groups in total. The number of aromatic nitrogens is 1. The van der Waals surface area contributed by atoms with Crippen LogP contribution in [0, 0.1) is 13.8 Å². The summed E-state index contributed by atoms with van der Waals surface area (Å²) in [6.45, 7) is 8.45. The molecular formula is C18H26N2O. The molecule has 21 heavy (non-hydrogen) atoms. The second-order valence-corrected chi connectivity index (χ2v) is 6.37. The maximum absolute atomic E-state index is 5.43. The van der Waals surface area contributed by atoms with E-state index in [4.69, 9.17) is 4.74 Å². The lowest BCUT2D eigenvalue weighted by atomic mass is 10.1. The number of hydrogen-bond donors (Lipinski definition) is 1. The van der Waals surface area contributed by atoms with Crippen molar-refractivity contribution in [3.05, 3.63) is 35.0 Å². The van der Waals surface area contributed by atoms with Crippen molar-refractivity contribution in [3.63, 3.8) is 0 Å². The Balaban J connectivity index is 1.91. The molecule has 1 aromatic carbocycles. The number of fused-ring (bicyclic) bond motifs is 1. The van der Waals surface area contributed by atoms with Crippen molar-refractivity contribution in [3.8, 4) is 0 Å². The largest absolute Gasteiger partial charge is 0.380 e. The maximum Gasteiger partial charge on any atom is 0.0722 e. The first kappa shape index (κ1) is 14.6. The Kier molecular flexibility index (Phi) is 4.05. The Morgan fingerprint density at radius 1 is 1.33 bits per heavy atom. The summed E-state index contributed by atoms with van der Waals surface area (Å²) < 4.78 is 7.82. The van der Waals surface area contributed by atoms with Crippen LogP contribution >= 0.6 is 0 Å². The van der Waals surface area contributed by atoms with Gasteiger partial charge >= 0.3 is 0 Å². The van der Waals surface area contributed by atoms with Gasteiger partial charge in [-0.2, -0.15) is 0 Å². The minimum atomic E-state index is 0.231. The van der Waals surface area contributed by atoms with Gasteiger partial charge in [-0.1, -0.05) is 6.07 Å². The van der Waals surface area contributed by atoms with Crippen LogP contribution in [-0.4, -0.2) is 23.8 Å². The van der Waals surface area contributed by atoms with Crippen molar-refractivity contribution in [1.82, 2.24) is 9.88 Å². The summed E-state index contributed by atoms with van der Waals surface area (Å²) >= 11 is 0. The first-order valence-corrected chi connectivity index (χ1v) is 7.94. The number of methoxy groups -OCH3 is 1. The summed E-state index contributed by atoms with van der Waals surface area (Å²) in [4.78, 5) is 0. The van der Waals surface area contributed by atoms with E-state index in [1.165, 1.54) is 40.6 Å². The average Bonchev–Trinajstić information content (AvgIpc) is 3.29. The van der Waals surface area contributed by atoms with Crippen LogP contribution in [-0.2, 0) is 17.8 Å². The van der Waals surface area contributed by atoms with E-state index in [1.54, 1.807) is 7.11 Å². The zero-order valence-corrected chi connectivity index (χ0v) is 13.6. The highest BCUT2D eigenvalue weighted by Crippen LogP contribution is 2.27. The predicted octanol–water partition coefficient (Wildman–Crippen LogP) is 3.55. The number of nitrogens with one attached hydrogen (secondary N) is 1. The highest BCUT2D eigenvalue weighted by Gasteiger charge is 2.20. The van der Waals surface area contributed by atoms with Crippen LogP contribution in [0.5, 0.6) is 0 Å². The van der Waals surface area contributed by atoms with E-state index in [0.29, 0.717) is 0 Å². The zero-order chi connectivity index (χ0) is 15.0. The molecule has 1 heterocycles. The van der Waals surface area contributed by atoms with Crippen molar-refractivity contribution >= 4 is 10.9 Å². The van der Waals surface area contributed by atoms with Crippen molar-refractivity contribution in [2.75, 3.05) is 7.11 Å². The van der Waals surface area contributed by atoms with E-state index in [9.17, 15) is 0 Å². The van der Waals surface area contributed by atoms with Gasteiger partial charge < -0.3 is 14.6 Å². The van der Waals surface area contributed by atoms with Crippen LogP contribution in [0.4, 0.5) is 0 Å². The van der Waals surface area contributed by atoms with Crippen molar-refractivity contribution < 1.29 is 4.74 Å². The third-order valence-corrected chi connectivity index (χ3v) is 4.72. The van der Waals surface area contributed by atoms with Gasteiger partial charge in [0.25, 0.3) is 0 Å². The number of rotatable bonds is 6. The van der Waals surface area contributed by atoms with E-state index in [2.05, 4.69) is 48.9 Å². The normalized spacial score (nSPS) is 16.6. The molecule has 0 aliphatic heterocycles. The average molecular weight is 286 g/mol. The summed E-state index contributed by atoms with van der Waals surface area (Å²) in [5, 5.41) is 4.97. The zero-order valence-electron chi connectivity index (χ0n) is 13.6. The molecule has 1 saturated carbocycles. The van der Waals surface area contributed by atoms with Gasteiger partial charge in [0.2, 0.25) is 0 Å². The highest BCUT2D eigenvalue weighted by molar-refractivity contribution is 5.86. The molecule has 1 fully saturated rings. The number of aryl methyl sites for hydroxylation is 1. The Hall–Kier alpha value is -1.32. The quantitative estimate of drug-likeness (QED) is 0.879. The van der Waals surface area contributed by atoms with Crippen LogP contribution in [0.1, 0.15) is 36.6 Å². The van der Waals surface area contributed by atoms with Crippen molar-refractivity contribution in [1.29, 1.82) is 0 Å². The Morgan fingerprint density at radius 2 is 2.10 bits per heavy atom. The number of benzene rings is 1. The fourth-order valence-corrected chi connectivity index (χ4v) is 2.92. The summed E-state index contributed by atoms with van der Waals surface area (Å²) in [5.74, 6) is 0. The molecule has 0 radical (unpaired) electrons. The molecule has 1 unspecified atom stereocenters. The van der Waals surface area contributed by atoms with E-state index < -0.39 is 0 Å². The van der Waals surface area contributed by atoms with Crippen LogP contribution in [0.2, 0.25) is 0 Å². The molecule has 1 aliphatic carbocycles. The van der Waals surface area contributed by atoms with Crippen LogP contribution in [0.3, 0.4) is 0 Å². The van der Waals surface area contributed by atoms with E-state index >= 15 is 0 Å². The monoisotopic (exact) mass is 286 g/mol. The first-order valence-electron chi connectivity index (χ1n) is 7.94. The van der Waals surface area contributed by atoms with Crippen molar-refractivity contribution in [2.24, 2.45) is 0 Å². The third-order valence-electron chi connectivity index (χ3n) is 4.72. The molecule has 2 aromatic rings. The Bertz CT molecular complexity index is 640. The second-order valence-electron chi connectivity index (χ2n) is 6.37. The minimum Gasteiger partial charge on any atom is -0.380 e. The van der Waals surface area contributed by atoms with Crippen LogP contribution in [0.15, 0.2) is 18.2 Å². The van der Waals surface area contributed by atoms with Gasteiger partial charge in [-0.05, 0) is 56.9 Å². The third kappa shape index (κ3) is 2.99. The predicted molar refractivity (Wildman–Crippen MR) is 87.7 cm³/mol. The maximum atomic E-state index is 5.43. The number of ether oxygens (including phenoxy) is 1.